The summed E-state index contributed by atoms with van der Waals surface area (Å²) in [4.78, 5) is 0. The topological polar surface area (TPSA) is 26.0 Å². The van der Waals surface area contributed by atoms with Crippen molar-refractivity contribution in [1.82, 2.24) is 0 Å². The van der Waals surface area contributed by atoms with Crippen molar-refractivity contribution in [3.05, 3.63) is 11.6 Å². The summed E-state index contributed by atoms with van der Waals surface area (Å²) >= 11 is 0. The third-order valence-corrected chi connectivity index (χ3v) is 3.04. The highest BCUT2D eigenvalue weighted by molar-refractivity contribution is 5.10. The van der Waals surface area contributed by atoms with Gasteiger partial charge < -0.3 is 5.73 Å². The van der Waals surface area contributed by atoms with Gasteiger partial charge >= 0.3 is 6.18 Å². The average Bonchev–Trinajstić information content (AvgIpc) is 2.12. The molecule has 2 N–H and O–H groups in total. The molecular weight excluding hydrogens is 215 g/mol. The lowest BCUT2D eigenvalue weighted by atomic mass is 9.93. The molecule has 1 aliphatic rings. The Hall–Kier alpha value is -0.510. The maximum Gasteiger partial charge on any atom is 0.389 e. The van der Waals surface area contributed by atoms with Gasteiger partial charge in [-0.1, -0.05) is 24.5 Å². The molecule has 0 fully saturated rings. The van der Waals surface area contributed by atoms with Crippen molar-refractivity contribution in [2.45, 2.75) is 63.6 Å². The molecule has 1 nitrogen and oxygen atoms in total. The largest absolute Gasteiger partial charge is 0.389 e. The van der Waals surface area contributed by atoms with Gasteiger partial charge in [-0.05, 0) is 32.1 Å². The zero-order valence-corrected chi connectivity index (χ0v) is 9.52. The predicted octanol–water partition coefficient (Wildman–Crippen LogP) is 3.94. The second kappa shape index (κ2) is 6.28. The van der Waals surface area contributed by atoms with Crippen LogP contribution in [-0.4, -0.2) is 12.2 Å². The van der Waals surface area contributed by atoms with Crippen LogP contribution in [-0.2, 0) is 0 Å². The average molecular weight is 235 g/mol. The first kappa shape index (κ1) is 13.6. The van der Waals surface area contributed by atoms with E-state index >= 15 is 0 Å². The van der Waals surface area contributed by atoms with Crippen LogP contribution in [0.1, 0.15) is 51.4 Å². The molecule has 0 saturated heterocycles. The second-order valence-corrected chi connectivity index (χ2v) is 4.49. The Morgan fingerprint density at radius 1 is 1.19 bits per heavy atom. The Balaban J connectivity index is 2.41. The van der Waals surface area contributed by atoms with E-state index in [1.807, 2.05) is 0 Å². The molecule has 16 heavy (non-hydrogen) atoms. The van der Waals surface area contributed by atoms with Crippen molar-refractivity contribution in [2.75, 3.05) is 0 Å². The summed E-state index contributed by atoms with van der Waals surface area (Å²) in [5, 5.41) is 0. The van der Waals surface area contributed by atoms with E-state index < -0.39 is 18.6 Å². The van der Waals surface area contributed by atoms with Crippen LogP contribution in [0, 0.1) is 0 Å². The van der Waals surface area contributed by atoms with E-state index in [0.717, 1.165) is 31.3 Å². The first-order valence-corrected chi connectivity index (χ1v) is 6.00. The van der Waals surface area contributed by atoms with Crippen molar-refractivity contribution in [2.24, 2.45) is 5.73 Å². The van der Waals surface area contributed by atoms with Crippen molar-refractivity contribution >= 4 is 0 Å². The highest BCUT2D eigenvalue weighted by Gasteiger charge is 2.28. The lowest BCUT2D eigenvalue weighted by molar-refractivity contribution is -0.135. The SMILES string of the molecule is NC(CCC(F)(F)F)C1=CCCCCCC1. The van der Waals surface area contributed by atoms with Gasteiger partial charge in [0.2, 0.25) is 0 Å². The number of rotatable bonds is 3. The lowest BCUT2D eigenvalue weighted by Crippen LogP contribution is -2.25. The van der Waals surface area contributed by atoms with Gasteiger partial charge in [0.05, 0.1) is 0 Å². The third-order valence-electron chi connectivity index (χ3n) is 3.04. The quantitative estimate of drug-likeness (QED) is 0.737. The zero-order chi connectivity index (χ0) is 12.0. The number of allylic oxidation sites excluding steroid dienone is 1. The molecule has 0 aromatic heterocycles. The number of halogens is 3. The maximum atomic E-state index is 12.1. The minimum Gasteiger partial charge on any atom is -0.324 e. The summed E-state index contributed by atoms with van der Waals surface area (Å²) < 4.78 is 36.2. The highest BCUT2D eigenvalue weighted by Crippen LogP contribution is 2.26. The molecule has 1 rings (SSSR count). The van der Waals surface area contributed by atoms with Crippen LogP contribution in [0.25, 0.3) is 0 Å². The number of alkyl halides is 3. The molecule has 0 aliphatic heterocycles. The molecule has 1 unspecified atom stereocenters. The van der Waals surface area contributed by atoms with Gasteiger partial charge in [0.15, 0.2) is 0 Å². The lowest BCUT2D eigenvalue weighted by Gasteiger charge is -2.19. The minimum absolute atomic E-state index is 0.0231. The van der Waals surface area contributed by atoms with Crippen molar-refractivity contribution in [3.8, 4) is 0 Å². The van der Waals surface area contributed by atoms with Crippen LogP contribution in [0.5, 0.6) is 0 Å². The summed E-state index contributed by atoms with van der Waals surface area (Å²) in [5.41, 5.74) is 6.84. The van der Waals surface area contributed by atoms with E-state index in [2.05, 4.69) is 6.08 Å². The van der Waals surface area contributed by atoms with E-state index in [1.165, 1.54) is 12.8 Å². The number of hydrogen-bond acceptors (Lipinski definition) is 1. The summed E-state index contributed by atoms with van der Waals surface area (Å²) in [6.45, 7) is 0. The van der Waals surface area contributed by atoms with Crippen LogP contribution in [0.15, 0.2) is 11.6 Å². The summed E-state index contributed by atoms with van der Waals surface area (Å²) in [5.74, 6) is 0. The highest BCUT2D eigenvalue weighted by atomic mass is 19.4. The van der Waals surface area contributed by atoms with Crippen molar-refractivity contribution < 1.29 is 13.2 Å². The van der Waals surface area contributed by atoms with Crippen LogP contribution in [0.3, 0.4) is 0 Å². The summed E-state index contributed by atoms with van der Waals surface area (Å²) in [7, 11) is 0. The Morgan fingerprint density at radius 2 is 1.88 bits per heavy atom. The molecule has 0 bridgehead atoms. The Labute approximate surface area is 94.9 Å². The smallest absolute Gasteiger partial charge is 0.324 e. The Kier molecular flexibility index (Phi) is 5.32. The summed E-state index contributed by atoms with van der Waals surface area (Å²) in [6, 6.07) is -0.403. The standard InChI is InChI=1S/C12H20F3N/c13-12(14,15)9-8-11(16)10-6-4-2-1-3-5-7-10/h6,11H,1-5,7-9,16H2. The first-order chi connectivity index (χ1) is 7.49. The molecule has 0 aromatic rings. The fraction of sp³-hybridized carbons (Fsp3) is 0.833. The molecular formula is C12H20F3N. The Bertz CT molecular complexity index is 233. The number of hydrogen-bond donors (Lipinski definition) is 1. The van der Waals surface area contributed by atoms with Gasteiger partial charge in [0.25, 0.3) is 0 Å². The molecule has 0 amide bonds. The fourth-order valence-electron chi connectivity index (χ4n) is 2.06. The minimum atomic E-state index is -4.08. The van der Waals surface area contributed by atoms with Gasteiger partial charge in [0.1, 0.15) is 0 Å². The van der Waals surface area contributed by atoms with Gasteiger partial charge in [-0.25, -0.2) is 0 Å². The van der Waals surface area contributed by atoms with E-state index in [9.17, 15) is 13.2 Å². The van der Waals surface area contributed by atoms with Crippen LogP contribution >= 0.6 is 0 Å². The molecule has 4 heteroatoms. The normalized spacial score (nSPS) is 20.9. The monoisotopic (exact) mass is 235 g/mol. The molecule has 0 radical (unpaired) electrons. The molecule has 0 heterocycles. The molecule has 1 atom stereocenters. The van der Waals surface area contributed by atoms with Gasteiger partial charge in [-0.2, -0.15) is 13.2 Å². The molecule has 0 aromatic carbocycles. The summed E-state index contributed by atoms with van der Waals surface area (Å²) in [6.07, 6.45) is 3.65. The van der Waals surface area contributed by atoms with E-state index in [1.54, 1.807) is 0 Å². The first-order valence-electron chi connectivity index (χ1n) is 6.00. The fourth-order valence-corrected chi connectivity index (χ4v) is 2.06. The van der Waals surface area contributed by atoms with Crippen LogP contribution in [0.2, 0.25) is 0 Å². The van der Waals surface area contributed by atoms with Crippen molar-refractivity contribution in [1.29, 1.82) is 0 Å². The predicted molar refractivity (Wildman–Crippen MR) is 59.0 cm³/mol. The molecule has 0 saturated carbocycles. The van der Waals surface area contributed by atoms with E-state index in [0.29, 0.717) is 0 Å². The number of nitrogens with two attached hydrogens (primary N) is 1. The van der Waals surface area contributed by atoms with Crippen molar-refractivity contribution in [3.63, 3.8) is 0 Å². The maximum absolute atomic E-state index is 12.1. The second-order valence-electron chi connectivity index (χ2n) is 4.49. The van der Waals surface area contributed by atoms with Crippen LogP contribution < -0.4 is 5.73 Å². The van der Waals surface area contributed by atoms with Gasteiger partial charge in [-0.15, -0.1) is 0 Å². The van der Waals surface area contributed by atoms with Gasteiger partial charge in [-0.3, -0.25) is 0 Å². The van der Waals surface area contributed by atoms with Crippen LogP contribution in [0.4, 0.5) is 13.2 Å². The van der Waals surface area contributed by atoms with E-state index in [-0.39, 0.29) is 6.42 Å². The van der Waals surface area contributed by atoms with Gasteiger partial charge in [0, 0.05) is 12.5 Å². The molecule has 94 valence electrons. The third kappa shape index (κ3) is 5.54. The zero-order valence-electron chi connectivity index (χ0n) is 9.52. The molecule has 1 aliphatic carbocycles. The van der Waals surface area contributed by atoms with E-state index in [4.69, 9.17) is 5.73 Å². The molecule has 0 spiro atoms. The Morgan fingerprint density at radius 3 is 2.56 bits per heavy atom.